The second-order valence-corrected chi connectivity index (χ2v) is 8.36. The summed E-state index contributed by atoms with van der Waals surface area (Å²) in [7, 11) is 0. The quantitative estimate of drug-likeness (QED) is 0.588. The van der Waals surface area contributed by atoms with E-state index < -0.39 is 0 Å². The lowest BCUT2D eigenvalue weighted by molar-refractivity contribution is 0.101. The SMILES string of the molecule is Cc1nc2sc3c(c2c(=O)n1NC(=O)c1ccccc1I)CCCC3. The molecule has 0 aliphatic heterocycles. The maximum Gasteiger partial charge on any atom is 0.281 e. The molecule has 0 fully saturated rings. The van der Waals surface area contributed by atoms with Crippen LogP contribution >= 0.6 is 33.9 Å². The normalized spacial score (nSPS) is 13.7. The van der Waals surface area contributed by atoms with Crippen molar-refractivity contribution in [1.29, 1.82) is 0 Å². The Balaban J connectivity index is 1.81. The zero-order valence-electron chi connectivity index (χ0n) is 13.6. The van der Waals surface area contributed by atoms with Gasteiger partial charge in [0.05, 0.1) is 10.9 Å². The summed E-state index contributed by atoms with van der Waals surface area (Å²) in [5, 5.41) is 0.674. The number of carbonyl (C=O) groups is 1. The minimum absolute atomic E-state index is 0.179. The van der Waals surface area contributed by atoms with E-state index in [1.807, 2.05) is 18.2 Å². The molecule has 7 heteroatoms. The Bertz CT molecular complexity index is 1050. The van der Waals surface area contributed by atoms with Gasteiger partial charge in [0.25, 0.3) is 11.5 Å². The summed E-state index contributed by atoms with van der Waals surface area (Å²) in [5.74, 6) is 0.191. The average molecular weight is 465 g/mol. The van der Waals surface area contributed by atoms with Gasteiger partial charge in [0, 0.05) is 8.45 Å². The minimum Gasteiger partial charge on any atom is -0.267 e. The number of fused-ring (bicyclic) bond motifs is 3. The molecule has 0 radical (unpaired) electrons. The predicted octanol–water partition coefficient (Wildman–Crippen LogP) is 3.63. The maximum absolute atomic E-state index is 13.0. The molecule has 0 saturated carbocycles. The molecule has 3 aromatic rings. The molecule has 0 bridgehead atoms. The standard InChI is InChI=1S/C18H16IN3O2S/c1-10-20-17-15(12-7-3-5-9-14(12)25-17)18(24)22(10)21-16(23)11-6-2-4-8-13(11)19/h2,4,6,8H,3,5,7,9H2,1H3,(H,21,23). The van der Waals surface area contributed by atoms with Gasteiger partial charge in [-0.25, -0.2) is 9.66 Å². The van der Waals surface area contributed by atoms with Crippen molar-refractivity contribution in [1.82, 2.24) is 9.66 Å². The van der Waals surface area contributed by atoms with Crippen LogP contribution in [0.3, 0.4) is 0 Å². The van der Waals surface area contributed by atoms with Gasteiger partial charge in [-0.05, 0) is 72.9 Å². The molecule has 1 amide bonds. The Hall–Kier alpha value is -1.74. The molecule has 0 spiro atoms. The Kier molecular flexibility index (Phi) is 4.36. The van der Waals surface area contributed by atoms with Gasteiger partial charge in [-0.15, -0.1) is 11.3 Å². The molecule has 4 rings (SSSR count). The molecule has 0 atom stereocenters. The average Bonchev–Trinajstić information content (AvgIpc) is 2.96. The fourth-order valence-corrected chi connectivity index (χ4v) is 5.18. The van der Waals surface area contributed by atoms with E-state index in [4.69, 9.17) is 0 Å². The van der Waals surface area contributed by atoms with Crippen molar-refractivity contribution < 1.29 is 4.79 Å². The summed E-state index contributed by atoms with van der Waals surface area (Å²) in [6.07, 6.45) is 4.19. The molecular formula is C18H16IN3O2S. The lowest BCUT2D eigenvalue weighted by atomic mass is 9.97. The zero-order chi connectivity index (χ0) is 17.6. The number of thiophene rings is 1. The molecule has 5 nitrogen and oxygen atoms in total. The first-order valence-electron chi connectivity index (χ1n) is 8.16. The fourth-order valence-electron chi connectivity index (χ4n) is 3.25. The highest BCUT2D eigenvalue weighted by molar-refractivity contribution is 14.1. The molecule has 2 aromatic heterocycles. The molecule has 1 aliphatic carbocycles. The molecule has 128 valence electrons. The number of hydrogen-bond donors (Lipinski definition) is 1. The van der Waals surface area contributed by atoms with Gasteiger partial charge in [-0.1, -0.05) is 12.1 Å². The summed E-state index contributed by atoms with van der Waals surface area (Å²) >= 11 is 3.73. The first-order chi connectivity index (χ1) is 12.1. The number of hydrogen-bond acceptors (Lipinski definition) is 4. The fraction of sp³-hybridized carbons (Fsp3) is 0.278. The van der Waals surface area contributed by atoms with Crippen LogP contribution in [0, 0.1) is 10.5 Å². The molecule has 1 aliphatic rings. The van der Waals surface area contributed by atoms with E-state index in [0.717, 1.165) is 39.6 Å². The third-order valence-electron chi connectivity index (χ3n) is 4.49. The molecule has 1 aromatic carbocycles. The van der Waals surface area contributed by atoms with Crippen molar-refractivity contribution in [3.8, 4) is 0 Å². The van der Waals surface area contributed by atoms with E-state index in [2.05, 4.69) is 33.0 Å². The van der Waals surface area contributed by atoms with Crippen LogP contribution in [0.4, 0.5) is 0 Å². The van der Waals surface area contributed by atoms with Gasteiger partial charge < -0.3 is 0 Å². The van der Waals surface area contributed by atoms with Crippen molar-refractivity contribution in [3.05, 3.63) is 60.0 Å². The minimum atomic E-state index is -0.305. The molecule has 2 heterocycles. The first kappa shape index (κ1) is 16.7. The van der Waals surface area contributed by atoms with Crippen LogP contribution in [0.25, 0.3) is 10.2 Å². The molecular weight excluding hydrogens is 449 g/mol. The second-order valence-electron chi connectivity index (χ2n) is 6.11. The molecule has 0 unspecified atom stereocenters. The van der Waals surface area contributed by atoms with E-state index in [1.165, 1.54) is 9.55 Å². The molecule has 1 N–H and O–H groups in total. The van der Waals surface area contributed by atoms with Gasteiger partial charge in [0.1, 0.15) is 10.7 Å². The van der Waals surface area contributed by atoms with E-state index >= 15 is 0 Å². The van der Waals surface area contributed by atoms with Crippen molar-refractivity contribution in [2.24, 2.45) is 0 Å². The monoisotopic (exact) mass is 465 g/mol. The van der Waals surface area contributed by atoms with Crippen LogP contribution in [-0.4, -0.2) is 15.6 Å². The lowest BCUT2D eigenvalue weighted by Crippen LogP contribution is -2.35. The van der Waals surface area contributed by atoms with Gasteiger partial charge in [0.2, 0.25) is 0 Å². The predicted molar refractivity (Wildman–Crippen MR) is 108 cm³/mol. The number of rotatable bonds is 2. The first-order valence-corrected chi connectivity index (χ1v) is 10.1. The van der Waals surface area contributed by atoms with Crippen molar-refractivity contribution in [2.75, 3.05) is 5.43 Å². The van der Waals surface area contributed by atoms with Crippen molar-refractivity contribution in [3.63, 3.8) is 0 Å². The molecule has 25 heavy (non-hydrogen) atoms. The summed E-state index contributed by atoms with van der Waals surface area (Å²) < 4.78 is 2.13. The zero-order valence-corrected chi connectivity index (χ0v) is 16.6. The number of halogens is 1. The van der Waals surface area contributed by atoms with Gasteiger partial charge in [0.15, 0.2) is 0 Å². The Morgan fingerprint density at radius 2 is 2.04 bits per heavy atom. The molecule has 0 saturated heterocycles. The van der Waals surface area contributed by atoms with Gasteiger partial charge in [-0.3, -0.25) is 15.0 Å². The highest BCUT2D eigenvalue weighted by Crippen LogP contribution is 2.33. The van der Waals surface area contributed by atoms with Gasteiger partial charge in [-0.2, -0.15) is 0 Å². The van der Waals surface area contributed by atoms with Gasteiger partial charge >= 0.3 is 0 Å². The Morgan fingerprint density at radius 3 is 2.84 bits per heavy atom. The van der Waals surface area contributed by atoms with Crippen LogP contribution in [0.5, 0.6) is 0 Å². The van der Waals surface area contributed by atoms with E-state index in [-0.39, 0.29) is 11.5 Å². The van der Waals surface area contributed by atoms with E-state index in [1.54, 1.807) is 24.3 Å². The van der Waals surface area contributed by atoms with E-state index in [0.29, 0.717) is 16.8 Å². The maximum atomic E-state index is 13.0. The largest absolute Gasteiger partial charge is 0.281 e. The van der Waals surface area contributed by atoms with E-state index in [9.17, 15) is 9.59 Å². The smallest absolute Gasteiger partial charge is 0.267 e. The van der Waals surface area contributed by atoms with Crippen LogP contribution in [0.1, 0.15) is 39.5 Å². The highest BCUT2D eigenvalue weighted by atomic mass is 127. The topological polar surface area (TPSA) is 64.0 Å². The number of carbonyl (C=O) groups excluding carboxylic acids is 1. The number of amides is 1. The third kappa shape index (κ3) is 2.89. The number of benzene rings is 1. The second kappa shape index (κ2) is 6.53. The van der Waals surface area contributed by atoms with Crippen LogP contribution in [0.2, 0.25) is 0 Å². The van der Waals surface area contributed by atoms with Crippen LogP contribution < -0.4 is 11.0 Å². The summed E-state index contributed by atoms with van der Waals surface area (Å²) in [4.78, 5) is 32.3. The number of nitrogens with zero attached hydrogens (tertiary/aromatic N) is 2. The Morgan fingerprint density at radius 1 is 1.28 bits per heavy atom. The van der Waals surface area contributed by atoms with Crippen molar-refractivity contribution in [2.45, 2.75) is 32.6 Å². The van der Waals surface area contributed by atoms with Crippen LogP contribution in [-0.2, 0) is 12.8 Å². The highest BCUT2D eigenvalue weighted by Gasteiger charge is 2.22. The summed E-state index contributed by atoms with van der Waals surface area (Å²) in [5.41, 5.74) is 4.22. The number of aryl methyl sites for hydroxylation is 3. The van der Waals surface area contributed by atoms with Crippen LogP contribution in [0.15, 0.2) is 29.1 Å². The third-order valence-corrected chi connectivity index (χ3v) is 6.61. The van der Waals surface area contributed by atoms with Crippen molar-refractivity contribution >= 4 is 50.1 Å². The lowest BCUT2D eigenvalue weighted by Gasteiger charge is -2.13. The Labute approximate surface area is 162 Å². The summed E-state index contributed by atoms with van der Waals surface area (Å²) in [6.45, 7) is 1.75. The number of nitrogens with one attached hydrogen (secondary N) is 1. The number of aromatic nitrogens is 2. The summed E-state index contributed by atoms with van der Waals surface area (Å²) in [6, 6.07) is 7.29.